The zero-order valence-corrected chi connectivity index (χ0v) is 12.6. The van der Waals surface area contributed by atoms with Crippen LogP contribution in [0.4, 0.5) is 0 Å². The molecule has 3 heteroatoms. The molecular formula is C19H20O3. The van der Waals surface area contributed by atoms with Crippen molar-refractivity contribution in [1.82, 2.24) is 0 Å². The quantitative estimate of drug-likeness (QED) is 0.838. The predicted molar refractivity (Wildman–Crippen MR) is 86.6 cm³/mol. The van der Waals surface area contributed by atoms with Gasteiger partial charge in [-0.2, -0.15) is 0 Å². The Morgan fingerprint density at radius 3 is 2.55 bits per heavy atom. The Balaban J connectivity index is 2.09. The van der Waals surface area contributed by atoms with E-state index in [4.69, 9.17) is 4.74 Å². The summed E-state index contributed by atoms with van der Waals surface area (Å²) in [5.74, 6) is 1.42. The molecule has 3 nitrogen and oxygen atoms in total. The first-order chi connectivity index (χ1) is 10.5. The molecule has 1 heterocycles. The van der Waals surface area contributed by atoms with Crippen LogP contribution >= 0.6 is 0 Å². The van der Waals surface area contributed by atoms with Crippen molar-refractivity contribution in [3.63, 3.8) is 0 Å². The van der Waals surface area contributed by atoms with Crippen molar-refractivity contribution in [2.45, 2.75) is 24.7 Å². The monoisotopic (exact) mass is 296 g/mol. The Morgan fingerprint density at radius 2 is 1.86 bits per heavy atom. The third kappa shape index (κ3) is 2.33. The topological polar surface area (TPSA) is 49.7 Å². The van der Waals surface area contributed by atoms with E-state index in [0.29, 0.717) is 6.61 Å². The van der Waals surface area contributed by atoms with E-state index < -0.39 is 0 Å². The van der Waals surface area contributed by atoms with Gasteiger partial charge in [0.2, 0.25) is 0 Å². The van der Waals surface area contributed by atoms with Crippen LogP contribution in [-0.4, -0.2) is 16.8 Å². The lowest BCUT2D eigenvalue weighted by Gasteiger charge is -2.42. The Labute approximate surface area is 130 Å². The first-order valence-corrected chi connectivity index (χ1v) is 7.41. The van der Waals surface area contributed by atoms with Crippen LogP contribution in [-0.2, 0) is 5.41 Å². The van der Waals surface area contributed by atoms with Gasteiger partial charge in [0.25, 0.3) is 0 Å². The van der Waals surface area contributed by atoms with Gasteiger partial charge in [-0.25, -0.2) is 0 Å². The highest BCUT2D eigenvalue weighted by molar-refractivity contribution is 5.48. The summed E-state index contributed by atoms with van der Waals surface area (Å²) in [6, 6.07) is 12.6. The van der Waals surface area contributed by atoms with E-state index in [9.17, 15) is 10.2 Å². The number of rotatable bonds is 3. The fourth-order valence-electron chi connectivity index (χ4n) is 3.29. The SMILES string of the molecule is C=CC[C@@H]1c2ccc(O)cc2OCC1(C)c1ccc(O)cc1. The number of allylic oxidation sites excluding steroid dienone is 1. The zero-order valence-electron chi connectivity index (χ0n) is 12.6. The minimum Gasteiger partial charge on any atom is -0.508 e. The van der Waals surface area contributed by atoms with Crippen molar-refractivity contribution in [2.75, 3.05) is 6.61 Å². The molecule has 0 saturated carbocycles. The van der Waals surface area contributed by atoms with E-state index >= 15 is 0 Å². The average molecular weight is 296 g/mol. The molecular weight excluding hydrogens is 276 g/mol. The number of phenolic OH excluding ortho intramolecular Hbond substituents is 2. The maximum absolute atomic E-state index is 9.65. The molecule has 2 aromatic rings. The maximum Gasteiger partial charge on any atom is 0.126 e. The molecule has 2 N–H and O–H groups in total. The normalized spacial score (nSPS) is 23.4. The lowest BCUT2D eigenvalue weighted by Crippen LogP contribution is -2.40. The van der Waals surface area contributed by atoms with Crippen LogP contribution in [0.2, 0.25) is 0 Å². The molecule has 0 radical (unpaired) electrons. The molecule has 3 rings (SSSR count). The van der Waals surface area contributed by atoms with Gasteiger partial charge in [0.1, 0.15) is 17.2 Å². The number of benzene rings is 2. The van der Waals surface area contributed by atoms with Crippen molar-refractivity contribution in [1.29, 1.82) is 0 Å². The average Bonchev–Trinajstić information content (AvgIpc) is 2.51. The van der Waals surface area contributed by atoms with Gasteiger partial charge in [0.15, 0.2) is 0 Å². The van der Waals surface area contributed by atoms with Gasteiger partial charge in [-0.15, -0.1) is 6.58 Å². The molecule has 1 aliphatic rings. The smallest absolute Gasteiger partial charge is 0.126 e. The Hall–Kier alpha value is -2.42. The number of phenols is 2. The largest absolute Gasteiger partial charge is 0.508 e. The summed E-state index contributed by atoms with van der Waals surface area (Å²) in [4.78, 5) is 0. The fraction of sp³-hybridized carbons (Fsp3) is 0.263. The molecule has 2 aromatic carbocycles. The summed E-state index contributed by atoms with van der Waals surface area (Å²) in [5, 5.41) is 19.2. The molecule has 0 aliphatic carbocycles. The molecule has 1 unspecified atom stereocenters. The van der Waals surface area contributed by atoms with Gasteiger partial charge >= 0.3 is 0 Å². The summed E-state index contributed by atoms with van der Waals surface area (Å²) in [6.45, 7) is 6.58. The molecule has 0 saturated heterocycles. The summed E-state index contributed by atoms with van der Waals surface area (Å²) >= 11 is 0. The van der Waals surface area contributed by atoms with Crippen molar-refractivity contribution in [3.8, 4) is 17.2 Å². The second-order valence-electron chi connectivity index (χ2n) is 6.05. The van der Waals surface area contributed by atoms with Gasteiger partial charge in [0, 0.05) is 17.4 Å². The Bertz CT molecular complexity index is 690. The minimum absolute atomic E-state index is 0.207. The number of hydrogen-bond acceptors (Lipinski definition) is 3. The van der Waals surface area contributed by atoms with Gasteiger partial charge in [0.05, 0.1) is 6.61 Å². The summed E-state index contributed by atoms with van der Waals surface area (Å²) < 4.78 is 5.92. The fourth-order valence-corrected chi connectivity index (χ4v) is 3.29. The second kappa shape index (κ2) is 5.41. The van der Waals surface area contributed by atoms with E-state index in [0.717, 1.165) is 23.3 Å². The summed E-state index contributed by atoms with van der Waals surface area (Å²) in [6.07, 6.45) is 2.74. The molecule has 114 valence electrons. The van der Waals surface area contributed by atoms with Crippen molar-refractivity contribution < 1.29 is 14.9 Å². The highest BCUT2D eigenvalue weighted by Crippen LogP contribution is 2.49. The lowest BCUT2D eigenvalue weighted by molar-refractivity contribution is 0.169. The molecule has 0 amide bonds. The molecule has 2 atom stereocenters. The van der Waals surface area contributed by atoms with E-state index in [2.05, 4.69) is 13.5 Å². The number of fused-ring (bicyclic) bond motifs is 1. The van der Waals surface area contributed by atoms with E-state index in [1.165, 1.54) is 0 Å². The van der Waals surface area contributed by atoms with E-state index in [1.54, 1.807) is 24.3 Å². The van der Waals surface area contributed by atoms with Crippen LogP contribution in [0, 0.1) is 0 Å². The van der Waals surface area contributed by atoms with Crippen LogP contribution in [0.5, 0.6) is 17.2 Å². The van der Waals surface area contributed by atoms with E-state index in [1.807, 2.05) is 24.3 Å². The lowest BCUT2D eigenvalue weighted by atomic mass is 9.66. The standard InChI is InChI=1S/C19H20O3/c1-3-4-17-16-10-9-15(21)11-18(16)22-12-19(17,2)13-5-7-14(20)8-6-13/h3,5-11,17,20-21H,1,4,12H2,2H3/t17-,19?/m1/s1. The number of hydrogen-bond donors (Lipinski definition) is 2. The molecule has 0 bridgehead atoms. The maximum atomic E-state index is 9.65. The summed E-state index contributed by atoms with van der Waals surface area (Å²) in [5.41, 5.74) is 1.99. The molecule has 0 spiro atoms. The van der Waals surface area contributed by atoms with Gasteiger partial charge in [-0.05, 0) is 35.7 Å². The minimum atomic E-state index is -0.216. The molecule has 0 aromatic heterocycles. The Morgan fingerprint density at radius 1 is 1.18 bits per heavy atom. The number of ether oxygens (including phenoxy) is 1. The molecule has 22 heavy (non-hydrogen) atoms. The first kappa shape index (κ1) is 14.5. The van der Waals surface area contributed by atoms with Crippen molar-refractivity contribution in [2.24, 2.45) is 0 Å². The third-order valence-electron chi connectivity index (χ3n) is 4.60. The van der Waals surface area contributed by atoms with Gasteiger partial charge in [-0.3, -0.25) is 0 Å². The Kier molecular flexibility index (Phi) is 3.57. The number of aromatic hydroxyl groups is 2. The first-order valence-electron chi connectivity index (χ1n) is 7.41. The molecule has 1 aliphatic heterocycles. The van der Waals surface area contributed by atoms with Gasteiger partial charge in [-0.1, -0.05) is 31.2 Å². The van der Waals surface area contributed by atoms with Crippen molar-refractivity contribution >= 4 is 0 Å². The second-order valence-corrected chi connectivity index (χ2v) is 6.05. The zero-order chi connectivity index (χ0) is 15.7. The van der Waals surface area contributed by atoms with Crippen LogP contribution < -0.4 is 4.74 Å². The van der Waals surface area contributed by atoms with Gasteiger partial charge < -0.3 is 14.9 Å². The highest BCUT2D eigenvalue weighted by atomic mass is 16.5. The predicted octanol–water partition coefficient (Wildman–Crippen LogP) is 4.11. The van der Waals surface area contributed by atoms with Crippen molar-refractivity contribution in [3.05, 3.63) is 66.2 Å². The summed E-state index contributed by atoms with van der Waals surface area (Å²) in [7, 11) is 0. The van der Waals surface area contributed by atoms with E-state index in [-0.39, 0.29) is 22.8 Å². The molecule has 0 fully saturated rings. The van der Waals surface area contributed by atoms with Crippen LogP contribution in [0.3, 0.4) is 0 Å². The third-order valence-corrected chi connectivity index (χ3v) is 4.60. The van der Waals surface area contributed by atoms with Crippen LogP contribution in [0.25, 0.3) is 0 Å². The highest BCUT2D eigenvalue weighted by Gasteiger charge is 2.41. The van der Waals surface area contributed by atoms with Crippen LogP contribution in [0.15, 0.2) is 55.1 Å². The van der Waals surface area contributed by atoms with Crippen LogP contribution in [0.1, 0.15) is 30.4 Å².